The summed E-state index contributed by atoms with van der Waals surface area (Å²) in [7, 11) is 0. The second kappa shape index (κ2) is 4.46. The summed E-state index contributed by atoms with van der Waals surface area (Å²) in [6, 6.07) is 0. The topological polar surface area (TPSA) is 48.0 Å². The van der Waals surface area contributed by atoms with Crippen LogP contribution >= 0.6 is 0 Å². The molecule has 0 aliphatic carbocycles. The first kappa shape index (κ1) is 12.6. The van der Waals surface area contributed by atoms with Crippen molar-refractivity contribution in [3.8, 4) is 0 Å². The molecule has 5 heteroatoms. The quantitative estimate of drug-likeness (QED) is 0.645. The van der Waals surface area contributed by atoms with Gasteiger partial charge in [0.15, 0.2) is 0 Å². The van der Waals surface area contributed by atoms with Gasteiger partial charge in [-0.3, -0.25) is 0 Å². The van der Waals surface area contributed by atoms with E-state index in [2.05, 4.69) is 0 Å². The average molecular weight is 243 g/mol. The third-order valence-corrected chi connectivity index (χ3v) is 2.97. The molecule has 1 unspecified atom stereocenters. The standard InChI is InChI=1S/C12H21NO4/c1-11(2,3)17-10(14)13-5-7-15-9-12(8-13)4-6-16-12/h4-9H2,1-3H3. The molecule has 17 heavy (non-hydrogen) atoms. The molecule has 2 aliphatic heterocycles. The summed E-state index contributed by atoms with van der Waals surface area (Å²) >= 11 is 0. The average Bonchev–Trinajstić information content (AvgIpc) is 2.35. The van der Waals surface area contributed by atoms with Gasteiger partial charge in [-0.15, -0.1) is 0 Å². The molecule has 0 N–H and O–H groups in total. The highest BCUT2D eigenvalue weighted by molar-refractivity contribution is 5.68. The maximum absolute atomic E-state index is 12.0. The van der Waals surface area contributed by atoms with Gasteiger partial charge in [-0.25, -0.2) is 4.79 Å². The number of hydrogen-bond acceptors (Lipinski definition) is 4. The van der Waals surface area contributed by atoms with Crippen molar-refractivity contribution in [1.82, 2.24) is 4.90 Å². The zero-order valence-corrected chi connectivity index (χ0v) is 10.8. The van der Waals surface area contributed by atoms with Gasteiger partial charge in [0.05, 0.1) is 26.4 Å². The fourth-order valence-electron chi connectivity index (χ4n) is 2.02. The van der Waals surface area contributed by atoms with E-state index in [0.717, 1.165) is 13.0 Å². The van der Waals surface area contributed by atoms with Crippen LogP contribution in [0.1, 0.15) is 27.2 Å². The number of amides is 1. The summed E-state index contributed by atoms with van der Waals surface area (Å²) in [6.07, 6.45) is 0.671. The van der Waals surface area contributed by atoms with Gasteiger partial charge in [-0.1, -0.05) is 0 Å². The molecule has 2 fully saturated rings. The summed E-state index contributed by atoms with van der Waals surface area (Å²) in [5.74, 6) is 0. The molecular weight excluding hydrogens is 222 g/mol. The van der Waals surface area contributed by atoms with Crippen molar-refractivity contribution < 1.29 is 19.0 Å². The second-order valence-corrected chi connectivity index (χ2v) is 5.74. The van der Waals surface area contributed by atoms with E-state index in [1.165, 1.54) is 0 Å². The van der Waals surface area contributed by atoms with Gasteiger partial charge >= 0.3 is 6.09 Å². The molecule has 0 aromatic heterocycles. The minimum atomic E-state index is -0.460. The van der Waals surface area contributed by atoms with Crippen molar-refractivity contribution in [3.63, 3.8) is 0 Å². The lowest BCUT2D eigenvalue weighted by molar-refractivity contribution is -0.176. The molecule has 0 aromatic carbocycles. The molecule has 0 radical (unpaired) electrons. The number of carbonyl (C=O) groups excluding carboxylic acids is 1. The molecular formula is C12H21NO4. The number of ether oxygens (including phenoxy) is 3. The molecule has 2 heterocycles. The van der Waals surface area contributed by atoms with Crippen LogP contribution in [-0.2, 0) is 14.2 Å². The third-order valence-electron chi connectivity index (χ3n) is 2.97. The van der Waals surface area contributed by atoms with Gasteiger partial charge in [-0.2, -0.15) is 0 Å². The van der Waals surface area contributed by atoms with Crippen LogP contribution in [0.15, 0.2) is 0 Å². The monoisotopic (exact) mass is 243 g/mol. The largest absolute Gasteiger partial charge is 0.444 e. The smallest absolute Gasteiger partial charge is 0.410 e. The Balaban J connectivity index is 1.97. The second-order valence-electron chi connectivity index (χ2n) is 5.74. The molecule has 0 aromatic rings. The molecule has 0 bridgehead atoms. The highest BCUT2D eigenvalue weighted by Crippen LogP contribution is 2.30. The lowest BCUT2D eigenvalue weighted by Crippen LogP contribution is -2.55. The lowest BCUT2D eigenvalue weighted by atomic mass is 9.95. The highest BCUT2D eigenvalue weighted by Gasteiger charge is 2.43. The van der Waals surface area contributed by atoms with Crippen LogP contribution in [0.2, 0.25) is 0 Å². The lowest BCUT2D eigenvalue weighted by Gasteiger charge is -2.42. The van der Waals surface area contributed by atoms with Crippen molar-refractivity contribution in [2.75, 3.05) is 32.9 Å². The molecule has 98 valence electrons. The first-order valence-electron chi connectivity index (χ1n) is 6.10. The Morgan fingerprint density at radius 1 is 1.35 bits per heavy atom. The Labute approximate surface area is 102 Å². The van der Waals surface area contributed by atoms with Crippen LogP contribution in [-0.4, -0.2) is 55.1 Å². The summed E-state index contributed by atoms with van der Waals surface area (Å²) in [6.45, 7) is 8.63. The predicted octanol–water partition coefficient (Wildman–Crippen LogP) is 1.41. The minimum Gasteiger partial charge on any atom is -0.444 e. The van der Waals surface area contributed by atoms with Crippen molar-refractivity contribution in [2.24, 2.45) is 0 Å². The Morgan fingerprint density at radius 3 is 2.59 bits per heavy atom. The predicted molar refractivity (Wildman–Crippen MR) is 61.9 cm³/mol. The molecule has 1 amide bonds. The molecule has 5 nitrogen and oxygen atoms in total. The first-order valence-corrected chi connectivity index (χ1v) is 6.10. The minimum absolute atomic E-state index is 0.280. The van der Waals surface area contributed by atoms with Crippen molar-refractivity contribution in [2.45, 2.75) is 38.4 Å². The van der Waals surface area contributed by atoms with E-state index in [9.17, 15) is 4.79 Å². The molecule has 2 saturated heterocycles. The van der Waals surface area contributed by atoms with Crippen molar-refractivity contribution in [1.29, 1.82) is 0 Å². The zero-order chi connectivity index (χ0) is 12.5. The Hall–Kier alpha value is -0.810. The van der Waals surface area contributed by atoms with E-state index >= 15 is 0 Å². The van der Waals surface area contributed by atoms with E-state index < -0.39 is 5.60 Å². The maximum Gasteiger partial charge on any atom is 0.410 e. The van der Waals surface area contributed by atoms with Crippen molar-refractivity contribution >= 4 is 6.09 Å². The molecule has 1 spiro atoms. The summed E-state index contributed by atoms with van der Waals surface area (Å²) in [5.41, 5.74) is -0.745. The summed E-state index contributed by atoms with van der Waals surface area (Å²) in [4.78, 5) is 13.7. The van der Waals surface area contributed by atoms with Gasteiger partial charge in [0.1, 0.15) is 11.2 Å². The van der Waals surface area contributed by atoms with Crippen LogP contribution in [0, 0.1) is 0 Å². The van der Waals surface area contributed by atoms with Crippen LogP contribution in [0.4, 0.5) is 4.79 Å². The van der Waals surface area contributed by atoms with Crippen LogP contribution < -0.4 is 0 Å². The maximum atomic E-state index is 12.0. The van der Waals surface area contributed by atoms with E-state index in [1.807, 2.05) is 20.8 Å². The fourth-order valence-corrected chi connectivity index (χ4v) is 2.02. The number of rotatable bonds is 0. The van der Waals surface area contributed by atoms with E-state index in [4.69, 9.17) is 14.2 Å². The van der Waals surface area contributed by atoms with Gasteiger partial charge in [-0.05, 0) is 20.8 Å². The van der Waals surface area contributed by atoms with Gasteiger partial charge in [0, 0.05) is 13.0 Å². The summed E-state index contributed by atoms with van der Waals surface area (Å²) in [5, 5.41) is 0. The first-order chi connectivity index (χ1) is 7.90. The van der Waals surface area contributed by atoms with Crippen molar-refractivity contribution in [3.05, 3.63) is 0 Å². The van der Waals surface area contributed by atoms with Gasteiger partial charge in [0.25, 0.3) is 0 Å². The van der Waals surface area contributed by atoms with E-state index in [1.54, 1.807) is 4.90 Å². The molecule has 1 atom stereocenters. The Morgan fingerprint density at radius 2 is 2.06 bits per heavy atom. The molecule has 2 aliphatic rings. The van der Waals surface area contributed by atoms with Crippen LogP contribution in [0.3, 0.4) is 0 Å². The summed E-state index contributed by atoms with van der Waals surface area (Å²) < 4.78 is 16.4. The van der Waals surface area contributed by atoms with Crippen LogP contribution in [0.5, 0.6) is 0 Å². The van der Waals surface area contributed by atoms with Gasteiger partial charge in [0.2, 0.25) is 0 Å². The molecule has 0 saturated carbocycles. The zero-order valence-electron chi connectivity index (χ0n) is 10.8. The Kier molecular flexibility index (Phi) is 3.32. The number of nitrogens with zero attached hydrogens (tertiary/aromatic N) is 1. The Bertz CT molecular complexity index is 293. The molecule has 2 rings (SSSR count). The number of carbonyl (C=O) groups is 1. The highest BCUT2D eigenvalue weighted by atomic mass is 16.6. The van der Waals surface area contributed by atoms with E-state index in [0.29, 0.717) is 26.3 Å². The van der Waals surface area contributed by atoms with E-state index in [-0.39, 0.29) is 11.7 Å². The third kappa shape index (κ3) is 3.10. The SMILES string of the molecule is CC(C)(C)OC(=O)N1CCOCC2(CCO2)C1. The van der Waals surface area contributed by atoms with Crippen LogP contribution in [0.25, 0.3) is 0 Å². The normalized spacial score (nSPS) is 29.7. The number of hydrogen-bond donors (Lipinski definition) is 0. The fraction of sp³-hybridized carbons (Fsp3) is 0.917. The van der Waals surface area contributed by atoms with Gasteiger partial charge < -0.3 is 19.1 Å².